The van der Waals surface area contributed by atoms with E-state index in [1.165, 1.54) is 0 Å². The summed E-state index contributed by atoms with van der Waals surface area (Å²) in [6.07, 6.45) is 12.9. The van der Waals surface area contributed by atoms with Crippen molar-refractivity contribution < 1.29 is 19.0 Å². The van der Waals surface area contributed by atoms with Crippen LogP contribution in [0.15, 0.2) is 72.8 Å². The van der Waals surface area contributed by atoms with E-state index >= 15 is 0 Å². The van der Waals surface area contributed by atoms with E-state index in [2.05, 4.69) is 96.1 Å². The van der Waals surface area contributed by atoms with Gasteiger partial charge in [0, 0.05) is 40.8 Å². The average molecular weight is 689 g/mol. The Balaban J connectivity index is 1.72. The number of carbonyl (C=O) groups is 1. The number of rotatable bonds is 9. The van der Waals surface area contributed by atoms with Gasteiger partial charge < -0.3 is 14.2 Å². The third-order valence-corrected chi connectivity index (χ3v) is 8.22. The predicted molar refractivity (Wildman–Crippen MR) is 212 cm³/mol. The molecule has 4 aromatic rings. The predicted octanol–water partition coefficient (Wildman–Crippen LogP) is 9.77. The second-order valence-corrected chi connectivity index (χ2v) is 14.8. The van der Waals surface area contributed by atoms with Gasteiger partial charge in [0.05, 0.1) is 36.5 Å². The highest BCUT2D eigenvalue weighted by Crippen LogP contribution is 2.30. The fourth-order valence-electron chi connectivity index (χ4n) is 5.10. The van der Waals surface area contributed by atoms with E-state index in [4.69, 9.17) is 27.1 Å². The summed E-state index contributed by atoms with van der Waals surface area (Å²) in [6.45, 7) is 17.9. The van der Waals surface area contributed by atoms with Crippen LogP contribution in [0.5, 0.6) is 11.5 Å². The Hall–Kier alpha value is -5.81. The Labute approximate surface area is 311 Å². The summed E-state index contributed by atoms with van der Waals surface area (Å²) in [4.78, 5) is 12.5. The molecule has 0 aliphatic carbocycles. The van der Waals surface area contributed by atoms with Crippen LogP contribution in [0.3, 0.4) is 0 Å². The number of hydrogen-bond acceptors (Lipinski definition) is 4. The fraction of sp³-hybridized carbons (Fsp3) is 0.312. The molecular formula is C48H48O4. The quantitative estimate of drug-likeness (QED) is 0.0998. The van der Waals surface area contributed by atoms with Crippen molar-refractivity contribution in [3.05, 3.63) is 128 Å². The molecule has 0 saturated carbocycles. The van der Waals surface area contributed by atoms with Gasteiger partial charge in [-0.25, -0.2) is 4.79 Å². The standard InChI is InChI=1S/C48H48O4/c1-11-23-50-44-32-41(22-18-38-27-36(13-3)29-43(31-38)48(8,9)10)45(51-24-14-25-52-46(49)39-19-15-34(4)16-20-39)33-40(44)21-17-37-26-35(12-2)28-42(30-37)47(5,6)7/h2-3,15-16,19-20,26-33H,11,14,23-25H2,1,4-10H3. The average Bonchev–Trinajstić information content (AvgIpc) is 3.11. The summed E-state index contributed by atoms with van der Waals surface area (Å²) >= 11 is 0. The maximum absolute atomic E-state index is 12.5. The Morgan fingerprint density at radius 1 is 0.615 bits per heavy atom. The Morgan fingerprint density at radius 2 is 1.08 bits per heavy atom. The first kappa shape index (κ1) is 39.0. The summed E-state index contributed by atoms with van der Waals surface area (Å²) in [5.41, 5.74) is 8.07. The van der Waals surface area contributed by atoms with Gasteiger partial charge in [0.1, 0.15) is 11.5 Å². The van der Waals surface area contributed by atoms with Crippen LogP contribution in [0.25, 0.3) is 0 Å². The van der Waals surface area contributed by atoms with Crippen LogP contribution < -0.4 is 9.47 Å². The van der Waals surface area contributed by atoms with E-state index in [1.54, 1.807) is 12.1 Å². The molecule has 4 nitrogen and oxygen atoms in total. The highest BCUT2D eigenvalue weighted by atomic mass is 16.5. The lowest BCUT2D eigenvalue weighted by molar-refractivity contribution is 0.0486. The SMILES string of the molecule is C#Cc1cc(C#Cc2cc(OCCCOC(=O)c3ccc(C)cc3)c(C#Cc3cc(C#C)cc(C(C)(C)C)c3)cc2OCCC)cc(C(C)(C)C)c1. The molecule has 0 N–H and O–H groups in total. The van der Waals surface area contributed by atoms with Gasteiger partial charge in [0.2, 0.25) is 0 Å². The van der Waals surface area contributed by atoms with E-state index in [0.29, 0.717) is 41.2 Å². The summed E-state index contributed by atoms with van der Waals surface area (Å²) in [5, 5.41) is 0. The van der Waals surface area contributed by atoms with Crippen LogP contribution in [-0.4, -0.2) is 25.8 Å². The van der Waals surface area contributed by atoms with Gasteiger partial charge in [-0.3, -0.25) is 0 Å². The lowest BCUT2D eigenvalue weighted by Crippen LogP contribution is -2.11. The normalized spacial score (nSPS) is 10.8. The summed E-state index contributed by atoms with van der Waals surface area (Å²) < 4.78 is 18.1. The molecular weight excluding hydrogens is 641 g/mol. The van der Waals surface area contributed by atoms with E-state index in [1.807, 2.05) is 55.5 Å². The zero-order valence-corrected chi connectivity index (χ0v) is 31.8. The summed E-state index contributed by atoms with van der Waals surface area (Å²) in [5.74, 6) is 19.6. The molecule has 0 fully saturated rings. The van der Waals surface area contributed by atoms with Gasteiger partial charge in [-0.05, 0) is 83.8 Å². The fourth-order valence-corrected chi connectivity index (χ4v) is 5.10. The number of esters is 1. The largest absolute Gasteiger partial charge is 0.492 e. The molecule has 0 unspecified atom stereocenters. The maximum Gasteiger partial charge on any atom is 0.338 e. The first-order valence-electron chi connectivity index (χ1n) is 17.7. The van der Waals surface area contributed by atoms with Crippen molar-refractivity contribution >= 4 is 5.97 Å². The zero-order valence-electron chi connectivity index (χ0n) is 31.8. The number of aryl methyl sites for hydroxylation is 1. The van der Waals surface area contributed by atoms with Gasteiger partial charge in [0.25, 0.3) is 0 Å². The van der Waals surface area contributed by atoms with Gasteiger partial charge in [0.15, 0.2) is 0 Å². The number of terminal acetylenes is 2. The van der Waals surface area contributed by atoms with Crippen molar-refractivity contribution in [3.63, 3.8) is 0 Å². The summed E-state index contributed by atoms with van der Waals surface area (Å²) in [6, 6.07) is 23.1. The Morgan fingerprint density at radius 3 is 1.52 bits per heavy atom. The molecule has 0 saturated heterocycles. The maximum atomic E-state index is 12.5. The van der Waals surface area contributed by atoms with Crippen LogP contribution >= 0.6 is 0 Å². The highest BCUT2D eigenvalue weighted by Gasteiger charge is 2.17. The van der Waals surface area contributed by atoms with Crippen LogP contribution in [0, 0.1) is 55.3 Å². The Bertz CT molecular complexity index is 2120. The number of hydrogen-bond donors (Lipinski definition) is 0. The van der Waals surface area contributed by atoms with Crippen molar-refractivity contribution in [2.75, 3.05) is 19.8 Å². The smallest absolute Gasteiger partial charge is 0.338 e. The molecule has 4 heteroatoms. The minimum Gasteiger partial charge on any atom is -0.492 e. The second kappa shape index (κ2) is 17.4. The highest BCUT2D eigenvalue weighted by molar-refractivity contribution is 5.89. The molecule has 264 valence electrons. The first-order chi connectivity index (χ1) is 24.7. The molecule has 0 aliphatic rings. The number of carbonyl (C=O) groups excluding carboxylic acids is 1. The number of benzene rings is 4. The Kier molecular flexibility index (Phi) is 13.1. The molecule has 4 aromatic carbocycles. The van der Waals surface area contributed by atoms with Crippen LogP contribution in [0.2, 0.25) is 0 Å². The van der Waals surface area contributed by atoms with Crippen molar-refractivity contribution in [1.82, 2.24) is 0 Å². The minimum atomic E-state index is -0.367. The van der Waals surface area contributed by atoms with Crippen LogP contribution in [0.4, 0.5) is 0 Å². The minimum absolute atomic E-state index is 0.0954. The lowest BCUT2D eigenvalue weighted by Gasteiger charge is -2.19. The molecule has 0 aromatic heterocycles. The molecule has 52 heavy (non-hydrogen) atoms. The van der Waals surface area contributed by atoms with E-state index in [-0.39, 0.29) is 30.0 Å². The monoisotopic (exact) mass is 688 g/mol. The van der Waals surface area contributed by atoms with Crippen molar-refractivity contribution in [2.24, 2.45) is 0 Å². The van der Waals surface area contributed by atoms with Crippen LogP contribution in [0.1, 0.15) is 122 Å². The topological polar surface area (TPSA) is 44.8 Å². The first-order valence-corrected chi connectivity index (χ1v) is 17.7. The number of ether oxygens (including phenoxy) is 3. The molecule has 0 aliphatic heterocycles. The molecule has 0 heterocycles. The summed E-state index contributed by atoms with van der Waals surface area (Å²) in [7, 11) is 0. The molecule has 0 spiro atoms. The van der Waals surface area contributed by atoms with Crippen molar-refractivity contribution in [1.29, 1.82) is 0 Å². The van der Waals surface area contributed by atoms with E-state index in [0.717, 1.165) is 45.4 Å². The molecule has 0 atom stereocenters. The molecule has 4 rings (SSSR count). The third kappa shape index (κ3) is 11.1. The van der Waals surface area contributed by atoms with Gasteiger partial charge in [-0.2, -0.15) is 0 Å². The molecule has 0 bridgehead atoms. The second-order valence-electron chi connectivity index (χ2n) is 14.8. The van der Waals surface area contributed by atoms with E-state index < -0.39 is 0 Å². The van der Waals surface area contributed by atoms with Gasteiger partial charge >= 0.3 is 5.97 Å². The molecule has 0 radical (unpaired) electrons. The van der Waals surface area contributed by atoms with Crippen molar-refractivity contribution in [2.45, 2.75) is 79.1 Å². The van der Waals surface area contributed by atoms with Crippen LogP contribution in [-0.2, 0) is 15.6 Å². The van der Waals surface area contributed by atoms with Gasteiger partial charge in [-0.1, -0.05) is 102 Å². The van der Waals surface area contributed by atoms with E-state index in [9.17, 15) is 4.79 Å². The van der Waals surface area contributed by atoms with Crippen molar-refractivity contribution in [3.8, 4) is 59.9 Å². The molecule has 0 amide bonds. The van der Waals surface area contributed by atoms with Gasteiger partial charge in [-0.15, -0.1) is 12.8 Å². The third-order valence-electron chi connectivity index (χ3n) is 8.22. The lowest BCUT2D eigenvalue weighted by atomic mass is 9.85. The zero-order chi connectivity index (χ0) is 37.9.